The van der Waals surface area contributed by atoms with Crippen molar-refractivity contribution in [2.75, 3.05) is 0 Å². The van der Waals surface area contributed by atoms with E-state index < -0.39 is 0 Å². The Morgan fingerprint density at radius 3 is 2.15 bits per heavy atom. The van der Waals surface area contributed by atoms with Crippen LogP contribution in [-0.4, -0.2) is 0 Å². The summed E-state index contributed by atoms with van der Waals surface area (Å²) in [6.07, 6.45) is 13.0. The van der Waals surface area contributed by atoms with E-state index >= 15 is 0 Å². The SMILES string of the molecule is C=CCC[C@@H]1CC[C@@H]2CC(c3ccc(-c4ccc(F)cc4)cc3)CCC2C1. The lowest BCUT2D eigenvalue weighted by molar-refractivity contribution is 0.115. The summed E-state index contributed by atoms with van der Waals surface area (Å²) in [5.74, 6) is 3.38. The van der Waals surface area contributed by atoms with Crippen LogP contribution in [0.3, 0.4) is 0 Å². The van der Waals surface area contributed by atoms with Crippen LogP contribution < -0.4 is 0 Å². The van der Waals surface area contributed by atoms with Crippen LogP contribution in [0.15, 0.2) is 61.2 Å². The third-order valence-electron chi connectivity index (χ3n) is 7.06. The Hall–Kier alpha value is -1.89. The largest absolute Gasteiger partial charge is 0.207 e. The van der Waals surface area contributed by atoms with Crippen LogP contribution in [-0.2, 0) is 0 Å². The Balaban J connectivity index is 1.38. The summed E-state index contributed by atoms with van der Waals surface area (Å²) in [6.45, 7) is 3.88. The fourth-order valence-corrected chi connectivity index (χ4v) is 5.49. The van der Waals surface area contributed by atoms with Crippen LogP contribution in [0.25, 0.3) is 11.1 Å². The first-order chi connectivity index (χ1) is 13.2. The molecule has 0 saturated heterocycles. The second-order valence-corrected chi connectivity index (χ2v) is 8.70. The van der Waals surface area contributed by atoms with Crippen molar-refractivity contribution in [1.82, 2.24) is 0 Å². The Morgan fingerprint density at radius 1 is 0.815 bits per heavy atom. The maximum atomic E-state index is 13.1. The molecule has 2 aliphatic rings. The molecule has 0 aliphatic heterocycles. The first-order valence-electron chi connectivity index (χ1n) is 10.7. The first-order valence-corrected chi connectivity index (χ1v) is 10.7. The highest BCUT2D eigenvalue weighted by atomic mass is 19.1. The van der Waals surface area contributed by atoms with Crippen molar-refractivity contribution in [1.29, 1.82) is 0 Å². The molecule has 0 N–H and O–H groups in total. The highest BCUT2D eigenvalue weighted by Gasteiger charge is 2.35. The molecule has 1 heteroatoms. The molecule has 0 nitrogen and oxygen atoms in total. The van der Waals surface area contributed by atoms with Crippen LogP contribution in [0.1, 0.15) is 62.8 Å². The Kier molecular flexibility index (Phi) is 5.76. The minimum Gasteiger partial charge on any atom is -0.207 e. The number of rotatable bonds is 5. The molecule has 2 saturated carbocycles. The number of fused-ring (bicyclic) bond motifs is 1. The van der Waals surface area contributed by atoms with Crippen molar-refractivity contribution in [3.8, 4) is 11.1 Å². The van der Waals surface area contributed by atoms with Crippen LogP contribution in [0.5, 0.6) is 0 Å². The van der Waals surface area contributed by atoms with Crippen LogP contribution in [0.2, 0.25) is 0 Å². The molecule has 0 amide bonds. The molecular weight excluding hydrogens is 331 g/mol. The second kappa shape index (κ2) is 8.42. The first kappa shape index (κ1) is 18.5. The van der Waals surface area contributed by atoms with E-state index in [1.165, 1.54) is 74.6 Å². The number of hydrogen-bond acceptors (Lipinski definition) is 0. The van der Waals surface area contributed by atoms with Crippen molar-refractivity contribution in [3.05, 3.63) is 72.6 Å². The second-order valence-electron chi connectivity index (χ2n) is 8.70. The molecule has 2 aromatic rings. The highest BCUT2D eigenvalue weighted by Crippen LogP contribution is 2.48. The third-order valence-corrected chi connectivity index (χ3v) is 7.06. The molecule has 142 valence electrons. The summed E-state index contributed by atoms with van der Waals surface area (Å²) in [5, 5.41) is 0. The molecule has 2 aromatic carbocycles. The Morgan fingerprint density at radius 2 is 1.44 bits per heavy atom. The lowest BCUT2D eigenvalue weighted by atomic mass is 9.63. The van der Waals surface area contributed by atoms with E-state index in [4.69, 9.17) is 0 Å². The van der Waals surface area contributed by atoms with Crippen molar-refractivity contribution in [2.24, 2.45) is 17.8 Å². The molecule has 2 aliphatic carbocycles. The molecule has 2 fully saturated rings. The fourth-order valence-electron chi connectivity index (χ4n) is 5.49. The van der Waals surface area contributed by atoms with E-state index in [0.29, 0.717) is 0 Å². The van der Waals surface area contributed by atoms with Gasteiger partial charge in [-0.05, 0) is 97.4 Å². The number of allylic oxidation sites excluding steroid dienone is 1. The molecule has 0 aromatic heterocycles. The van der Waals surface area contributed by atoms with Gasteiger partial charge in [0.1, 0.15) is 5.82 Å². The maximum Gasteiger partial charge on any atom is 0.123 e. The third kappa shape index (κ3) is 4.34. The zero-order valence-electron chi connectivity index (χ0n) is 16.2. The maximum absolute atomic E-state index is 13.1. The normalized spacial score (nSPS) is 27.7. The number of hydrogen-bond donors (Lipinski definition) is 0. The molecule has 0 bridgehead atoms. The smallest absolute Gasteiger partial charge is 0.123 e. The summed E-state index contributed by atoms with van der Waals surface area (Å²) >= 11 is 0. The van der Waals surface area contributed by atoms with Gasteiger partial charge < -0.3 is 0 Å². The predicted molar refractivity (Wildman–Crippen MR) is 112 cm³/mol. The zero-order valence-corrected chi connectivity index (χ0v) is 16.2. The zero-order chi connectivity index (χ0) is 18.6. The minimum absolute atomic E-state index is 0.175. The van der Waals surface area contributed by atoms with Crippen LogP contribution in [0.4, 0.5) is 4.39 Å². The number of benzene rings is 2. The van der Waals surface area contributed by atoms with Gasteiger partial charge in [-0.1, -0.05) is 48.9 Å². The van der Waals surface area contributed by atoms with Gasteiger partial charge >= 0.3 is 0 Å². The van der Waals surface area contributed by atoms with Crippen molar-refractivity contribution < 1.29 is 4.39 Å². The molecule has 0 radical (unpaired) electrons. The van der Waals surface area contributed by atoms with Gasteiger partial charge in [-0.2, -0.15) is 0 Å². The molecule has 27 heavy (non-hydrogen) atoms. The van der Waals surface area contributed by atoms with Crippen LogP contribution >= 0.6 is 0 Å². The molecular formula is C26H31F. The van der Waals surface area contributed by atoms with Gasteiger partial charge in [-0.3, -0.25) is 0 Å². The standard InChI is InChI=1S/C26H31F/c1-2-3-4-19-5-6-25-18-24(12-11-23(25)17-19)22-9-7-20(8-10-22)21-13-15-26(27)16-14-21/h2,7-10,13-16,19,23-25H,1,3-6,11-12,17-18H2/t19-,23?,24?,25-/m1/s1. The van der Waals surface area contributed by atoms with Gasteiger partial charge in [0.15, 0.2) is 0 Å². The van der Waals surface area contributed by atoms with Crippen molar-refractivity contribution in [2.45, 2.75) is 57.3 Å². The van der Waals surface area contributed by atoms with E-state index in [9.17, 15) is 4.39 Å². The summed E-state index contributed by atoms with van der Waals surface area (Å²) < 4.78 is 13.1. The van der Waals surface area contributed by atoms with Gasteiger partial charge in [0, 0.05) is 0 Å². The van der Waals surface area contributed by atoms with E-state index in [0.717, 1.165) is 29.2 Å². The molecule has 4 rings (SSSR count). The van der Waals surface area contributed by atoms with Crippen LogP contribution in [0, 0.1) is 23.6 Å². The topological polar surface area (TPSA) is 0 Å². The fraction of sp³-hybridized carbons (Fsp3) is 0.462. The average molecular weight is 363 g/mol. The lowest BCUT2D eigenvalue weighted by Crippen LogP contribution is -2.30. The van der Waals surface area contributed by atoms with E-state index in [1.807, 2.05) is 12.1 Å². The minimum atomic E-state index is -0.175. The number of halogens is 1. The summed E-state index contributed by atoms with van der Waals surface area (Å²) in [4.78, 5) is 0. The molecule has 0 heterocycles. The average Bonchev–Trinajstić information content (AvgIpc) is 2.72. The van der Waals surface area contributed by atoms with E-state index in [2.05, 4.69) is 36.9 Å². The predicted octanol–water partition coefficient (Wildman–Crippen LogP) is 7.76. The molecule has 4 atom stereocenters. The van der Waals surface area contributed by atoms with Gasteiger partial charge in [-0.25, -0.2) is 4.39 Å². The van der Waals surface area contributed by atoms with Gasteiger partial charge in [0.25, 0.3) is 0 Å². The quantitative estimate of drug-likeness (QED) is 0.477. The highest BCUT2D eigenvalue weighted by molar-refractivity contribution is 5.63. The van der Waals surface area contributed by atoms with Crippen molar-refractivity contribution >= 4 is 0 Å². The summed E-state index contributed by atoms with van der Waals surface area (Å²) in [6, 6.07) is 15.8. The van der Waals surface area contributed by atoms with Crippen molar-refractivity contribution in [3.63, 3.8) is 0 Å². The van der Waals surface area contributed by atoms with E-state index in [-0.39, 0.29) is 5.82 Å². The van der Waals surface area contributed by atoms with Gasteiger partial charge in [0.05, 0.1) is 0 Å². The Labute approximate surface area is 163 Å². The summed E-state index contributed by atoms with van der Waals surface area (Å²) in [7, 11) is 0. The lowest BCUT2D eigenvalue weighted by Gasteiger charge is -2.42. The van der Waals surface area contributed by atoms with E-state index in [1.54, 1.807) is 0 Å². The summed E-state index contributed by atoms with van der Waals surface area (Å²) in [5.41, 5.74) is 3.76. The molecule has 2 unspecified atom stereocenters. The molecule has 0 spiro atoms. The van der Waals surface area contributed by atoms with Gasteiger partial charge in [0.2, 0.25) is 0 Å². The Bertz CT molecular complexity index is 743. The van der Waals surface area contributed by atoms with Gasteiger partial charge in [-0.15, -0.1) is 6.58 Å². The monoisotopic (exact) mass is 362 g/mol.